The zero-order valence-electron chi connectivity index (χ0n) is 20.2. The van der Waals surface area contributed by atoms with Gasteiger partial charge in [0.25, 0.3) is 0 Å². The molecular formula is C26H25F3N6O2. The highest BCUT2D eigenvalue weighted by Gasteiger charge is 2.30. The molecule has 0 saturated heterocycles. The number of carbonyl (C=O) groups is 1. The standard InChI is InChI=1S/C17H18F3N3.C9H7N3O2/c1-22-9-4-10-23(2)16-15(22)8-7-14(21-16)12-5-3-6-13(11-12)17(18,19)20;13-5-11-9-3-1-2-7(12-9)8-4-10-6-14-8/h3,5-8,11H,4,9-10H2,1-2H3;1-6H,(H,11,12,13). The molecule has 0 saturated carbocycles. The molecule has 1 amide bonds. The van der Waals surface area contributed by atoms with Gasteiger partial charge in [-0.15, -0.1) is 0 Å². The molecule has 8 nitrogen and oxygen atoms in total. The highest BCUT2D eigenvalue weighted by Crippen LogP contribution is 2.34. The van der Waals surface area contributed by atoms with E-state index in [0.717, 1.165) is 43.1 Å². The van der Waals surface area contributed by atoms with Crippen molar-refractivity contribution < 1.29 is 22.4 Å². The van der Waals surface area contributed by atoms with Gasteiger partial charge in [0.05, 0.1) is 23.1 Å². The first-order chi connectivity index (χ1) is 17.8. The van der Waals surface area contributed by atoms with E-state index in [4.69, 9.17) is 4.42 Å². The summed E-state index contributed by atoms with van der Waals surface area (Å²) in [6.45, 7) is 1.80. The maximum atomic E-state index is 12.9. The summed E-state index contributed by atoms with van der Waals surface area (Å²) < 4.78 is 43.7. The van der Waals surface area contributed by atoms with Gasteiger partial charge in [-0.25, -0.2) is 15.0 Å². The van der Waals surface area contributed by atoms with E-state index in [1.165, 1.54) is 12.5 Å². The zero-order chi connectivity index (χ0) is 26.4. The Morgan fingerprint density at radius 3 is 2.49 bits per heavy atom. The first-order valence-electron chi connectivity index (χ1n) is 11.4. The fourth-order valence-corrected chi connectivity index (χ4v) is 3.86. The van der Waals surface area contributed by atoms with Gasteiger partial charge in [-0.1, -0.05) is 18.2 Å². The summed E-state index contributed by atoms with van der Waals surface area (Å²) >= 11 is 0. The molecule has 0 spiro atoms. The van der Waals surface area contributed by atoms with Gasteiger partial charge in [0.1, 0.15) is 11.5 Å². The van der Waals surface area contributed by atoms with Crippen LogP contribution in [-0.2, 0) is 11.0 Å². The van der Waals surface area contributed by atoms with Crippen LogP contribution in [-0.4, -0.2) is 48.5 Å². The van der Waals surface area contributed by atoms with E-state index in [-0.39, 0.29) is 0 Å². The lowest BCUT2D eigenvalue weighted by Gasteiger charge is -2.22. The van der Waals surface area contributed by atoms with Crippen LogP contribution in [0.5, 0.6) is 0 Å². The van der Waals surface area contributed by atoms with Crippen LogP contribution in [0.1, 0.15) is 12.0 Å². The average Bonchev–Trinajstić information content (AvgIpc) is 3.39. The molecule has 11 heteroatoms. The van der Waals surface area contributed by atoms with Crippen LogP contribution >= 0.6 is 0 Å². The molecule has 0 aliphatic carbocycles. The molecule has 0 radical (unpaired) electrons. The zero-order valence-corrected chi connectivity index (χ0v) is 20.2. The summed E-state index contributed by atoms with van der Waals surface area (Å²) in [5.74, 6) is 1.85. The third-order valence-corrected chi connectivity index (χ3v) is 5.74. The van der Waals surface area contributed by atoms with Crippen LogP contribution in [0.4, 0.5) is 30.5 Å². The van der Waals surface area contributed by atoms with E-state index in [1.807, 2.05) is 20.2 Å². The number of carbonyl (C=O) groups excluding carboxylic acids is 1. The van der Waals surface area contributed by atoms with E-state index in [9.17, 15) is 18.0 Å². The Morgan fingerprint density at radius 1 is 0.973 bits per heavy atom. The van der Waals surface area contributed by atoms with Crippen LogP contribution in [0.25, 0.3) is 22.7 Å². The van der Waals surface area contributed by atoms with Crippen molar-refractivity contribution >= 4 is 23.7 Å². The molecule has 4 aromatic rings. The average molecular weight is 511 g/mol. The number of nitrogens with zero attached hydrogens (tertiary/aromatic N) is 5. The molecule has 1 aromatic carbocycles. The fraction of sp³-hybridized carbons (Fsp3) is 0.231. The first-order valence-corrected chi connectivity index (χ1v) is 11.4. The number of hydrogen-bond acceptors (Lipinski definition) is 7. The summed E-state index contributed by atoms with van der Waals surface area (Å²) in [4.78, 5) is 26.9. The Balaban J connectivity index is 0.000000195. The van der Waals surface area contributed by atoms with E-state index >= 15 is 0 Å². The van der Waals surface area contributed by atoms with E-state index in [1.54, 1.807) is 36.5 Å². The van der Waals surface area contributed by atoms with Gasteiger partial charge in [-0.2, -0.15) is 13.2 Å². The quantitative estimate of drug-likeness (QED) is 0.371. The van der Waals surface area contributed by atoms with E-state index in [0.29, 0.717) is 34.9 Å². The molecule has 37 heavy (non-hydrogen) atoms. The highest BCUT2D eigenvalue weighted by molar-refractivity contribution is 5.73. The Bertz CT molecular complexity index is 1340. The Morgan fingerprint density at radius 2 is 1.76 bits per heavy atom. The second-order valence-electron chi connectivity index (χ2n) is 8.35. The molecule has 0 unspecified atom stereocenters. The van der Waals surface area contributed by atoms with Crippen LogP contribution in [0, 0.1) is 0 Å². The third kappa shape index (κ3) is 6.24. The van der Waals surface area contributed by atoms with Crippen molar-refractivity contribution in [3.63, 3.8) is 0 Å². The number of amides is 1. The molecule has 0 atom stereocenters. The number of aromatic nitrogens is 3. The number of halogens is 3. The SMILES string of the molecule is CN1CCCN(C)c2nc(-c3cccc(C(F)(F)F)c3)ccc21.O=CNc1cccc(-c2cnco2)n1. The molecule has 0 bridgehead atoms. The number of benzene rings is 1. The van der Waals surface area contributed by atoms with Crippen LogP contribution in [0.15, 0.2) is 71.6 Å². The van der Waals surface area contributed by atoms with Crippen molar-refractivity contribution in [2.75, 3.05) is 42.3 Å². The maximum absolute atomic E-state index is 12.9. The molecule has 1 aliphatic rings. The van der Waals surface area contributed by atoms with E-state index < -0.39 is 11.7 Å². The van der Waals surface area contributed by atoms with Crippen molar-refractivity contribution in [1.29, 1.82) is 0 Å². The highest BCUT2D eigenvalue weighted by atomic mass is 19.4. The topological polar surface area (TPSA) is 87.4 Å². The summed E-state index contributed by atoms with van der Waals surface area (Å²) in [6.07, 6.45) is 0.136. The molecule has 0 fully saturated rings. The number of pyridine rings is 2. The van der Waals surface area contributed by atoms with Gasteiger partial charge in [-0.3, -0.25) is 4.79 Å². The van der Waals surface area contributed by atoms with Gasteiger partial charge in [0.2, 0.25) is 6.41 Å². The van der Waals surface area contributed by atoms with Crippen molar-refractivity contribution in [3.05, 3.63) is 72.8 Å². The second-order valence-corrected chi connectivity index (χ2v) is 8.35. The van der Waals surface area contributed by atoms with Crippen molar-refractivity contribution in [2.45, 2.75) is 12.6 Å². The number of anilines is 3. The van der Waals surface area contributed by atoms with Crippen molar-refractivity contribution in [1.82, 2.24) is 15.0 Å². The first kappa shape index (κ1) is 25.7. The lowest BCUT2D eigenvalue weighted by molar-refractivity contribution is -0.137. The minimum atomic E-state index is -4.35. The summed E-state index contributed by atoms with van der Waals surface area (Å²) in [7, 11) is 3.96. The Hall–Kier alpha value is -4.41. The lowest BCUT2D eigenvalue weighted by Crippen LogP contribution is -2.18. The second kappa shape index (κ2) is 11.1. The molecule has 4 heterocycles. The van der Waals surface area contributed by atoms with Gasteiger partial charge < -0.3 is 19.5 Å². The molecule has 1 aliphatic heterocycles. The van der Waals surface area contributed by atoms with Crippen LogP contribution < -0.4 is 15.1 Å². The number of nitrogens with one attached hydrogen (secondary N) is 1. The lowest BCUT2D eigenvalue weighted by atomic mass is 10.1. The summed E-state index contributed by atoms with van der Waals surface area (Å²) in [5, 5.41) is 2.46. The van der Waals surface area contributed by atoms with Gasteiger partial charge in [-0.05, 0) is 42.8 Å². The predicted octanol–water partition coefficient (Wildman–Crippen LogP) is 5.35. The third-order valence-electron chi connectivity index (χ3n) is 5.74. The summed E-state index contributed by atoms with van der Waals surface area (Å²) in [6, 6.07) is 14.2. The minimum Gasteiger partial charge on any atom is -0.442 e. The number of oxazole rings is 1. The Kier molecular flexibility index (Phi) is 7.71. The normalized spacial score (nSPS) is 13.2. The molecule has 192 valence electrons. The van der Waals surface area contributed by atoms with Crippen molar-refractivity contribution in [2.24, 2.45) is 0 Å². The van der Waals surface area contributed by atoms with Gasteiger partial charge in [0, 0.05) is 32.7 Å². The number of rotatable bonds is 4. The van der Waals surface area contributed by atoms with Crippen LogP contribution in [0.2, 0.25) is 0 Å². The maximum Gasteiger partial charge on any atom is 0.416 e. The summed E-state index contributed by atoms with van der Waals surface area (Å²) in [5.41, 5.74) is 2.01. The van der Waals surface area contributed by atoms with Crippen molar-refractivity contribution in [3.8, 4) is 22.7 Å². The predicted molar refractivity (Wildman–Crippen MR) is 135 cm³/mol. The van der Waals surface area contributed by atoms with Gasteiger partial charge >= 0.3 is 6.18 Å². The monoisotopic (exact) mass is 510 g/mol. The molecule has 3 aromatic heterocycles. The van der Waals surface area contributed by atoms with Gasteiger partial charge in [0.15, 0.2) is 18.0 Å². The van der Waals surface area contributed by atoms with Crippen LogP contribution in [0.3, 0.4) is 0 Å². The fourth-order valence-electron chi connectivity index (χ4n) is 3.86. The number of fused-ring (bicyclic) bond motifs is 1. The number of hydrogen-bond donors (Lipinski definition) is 1. The smallest absolute Gasteiger partial charge is 0.416 e. The van der Waals surface area contributed by atoms with E-state index in [2.05, 4.69) is 30.1 Å². The Labute approximate surface area is 211 Å². The minimum absolute atomic E-state index is 0.475. The molecule has 5 rings (SSSR count). The molecular weight excluding hydrogens is 485 g/mol. The number of alkyl halides is 3. The largest absolute Gasteiger partial charge is 0.442 e. The molecule has 1 N–H and O–H groups in total.